The van der Waals surface area contributed by atoms with Crippen molar-refractivity contribution in [2.45, 2.75) is 13.5 Å². The normalized spacial score (nSPS) is 13.7. The topological polar surface area (TPSA) is 81.4 Å². The van der Waals surface area contributed by atoms with Crippen LogP contribution in [0.2, 0.25) is 0 Å². The van der Waals surface area contributed by atoms with Crippen molar-refractivity contribution in [1.29, 1.82) is 0 Å². The molecule has 1 aromatic carbocycles. The molecule has 6 heteroatoms. The third-order valence-electron chi connectivity index (χ3n) is 3.80. The number of aromatic nitrogens is 2. The van der Waals surface area contributed by atoms with E-state index in [-0.39, 0.29) is 12.0 Å². The number of pyridine rings is 2. The van der Waals surface area contributed by atoms with Gasteiger partial charge in [0.25, 0.3) is 5.56 Å². The maximum absolute atomic E-state index is 12.4. The summed E-state index contributed by atoms with van der Waals surface area (Å²) in [5.41, 5.74) is 1.09. The Morgan fingerprint density at radius 2 is 2.00 bits per heavy atom. The molecule has 0 spiro atoms. The molecule has 1 N–H and O–H groups in total. The molecule has 3 aromatic rings. The number of ether oxygens (including phenoxy) is 1. The van der Waals surface area contributed by atoms with Gasteiger partial charge >= 0.3 is 5.97 Å². The molecule has 0 fully saturated rings. The van der Waals surface area contributed by atoms with Crippen LogP contribution in [0.3, 0.4) is 0 Å². The van der Waals surface area contributed by atoms with E-state index in [1.54, 1.807) is 31.2 Å². The summed E-state index contributed by atoms with van der Waals surface area (Å²) in [6.07, 6.45) is 0. The van der Waals surface area contributed by atoms with Crippen LogP contribution in [0.5, 0.6) is 0 Å². The number of hydrogen-bond acceptors (Lipinski definition) is 5. The number of rotatable bonds is 0. The molecular formula is C15H10N2O4. The van der Waals surface area contributed by atoms with E-state index in [0.717, 1.165) is 0 Å². The molecule has 4 rings (SSSR count). The number of fused-ring (bicyclic) bond motifs is 5. The summed E-state index contributed by atoms with van der Waals surface area (Å²) in [4.78, 5) is 28.7. The van der Waals surface area contributed by atoms with Crippen molar-refractivity contribution in [3.05, 3.63) is 51.6 Å². The number of carbonyl (C=O) groups is 1. The Balaban J connectivity index is 2.42. The van der Waals surface area contributed by atoms with Crippen molar-refractivity contribution in [3.8, 4) is 0 Å². The first-order valence-corrected chi connectivity index (χ1v) is 6.43. The maximum atomic E-state index is 12.4. The molecule has 0 saturated heterocycles. The van der Waals surface area contributed by atoms with E-state index < -0.39 is 11.5 Å². The minimum absolute atomic E-state index is 0.113. The number of nitrogens with zero attached hydrogens (tertiary/aromatic N) is 2. The zero-order chi connectivity index (χ0) is 14.7. The third kappa shape index (κ3) is 1.38. The van der Waals surface area contributed by atoms with Crippen molar-refractivity contribution in [3.63, 3.8) is 0 Å². The van der Waals surface area contributed by atoms with E-state index in [1.165, 1.54) is 0 Å². The summed E-state index contributed by atoms with van der Waals surface area (Å²) in [6, 6.07) is 6.88. The van der Waals surface area contributed by atoms with E-state index >= 15 is 0 Å². The van der Waals surface area contributed by atoms with Crippen LogP contribution in [0.25, 0.3) is 21.7 Å². The largest absolute Gasteiger partial charge is 0.455 e. The minimum atomic E-state index is -0.587. The Kier molecular flexibility index (Phi) is 2.16. The van der Waals surface area contributed by atoms with Crippen molar-refractivity contribution >= 4 is 27.6 Å². The molecule has 6 nitrogen and oxygen atoms in total. The van der Waals surface area contributed by atoms with Crippen LogP contribution in [0.4, 0.5) is 0 Å². The van der Waals surface area contributed by atoms with Gasteiger partial charge in [-0.1, -0.05) is 18.2 Å². The second-order valence-electron chi connectivity index (χ2n) is 4.98. The summed E-state index contributed by atoms with van der Waals surface area (Å²) in [7, 11) is 0. The number of para-hydroxylation sites is 1. The van der Waals surface area contributed by atoms with Gasteiger partial charge in [-0.2, -0.15) is 0 Å². The third-order valence-corrected chi connectivity index (χ3v) is 3.80. The average Bonchev–Trinajstić information content (AvgIpc) is 2.85. The Hall–Kier alpha value is -2.89. The molecule has 0 bridgehead atoms. The summed E-state index contributed by atoms with van der Waals surface area (Å²) in [5, 5.41) is 11.4. The van der Waals surface area contributed by atoms with Crippen LogP contribution in [-0.2, 0) is 11.3 Å². The van der Waals surface area contributed by atoms with E-state index in [0.29, 0.717) is 38.0 Å². The molecule has 0 saturated carbocycles. The average molecular weight is 282 g/mol. The fourth-order valence-corrected chi connectivity index (χ4v) is 2.91. The summed E-state index contributed by atoms with van der Waals surface area (Å²) >= 11 is 0. The number of benzene rings is 1. The van der Waals surface area contributed by atoms with E-state index in [1.807, 2.05) is 0 Å². The molecule has 0 aliphatic carbocycles. The molecule has 0 atom stereocenters. The Morgan fingerprint density at radius 1 is 1.24 bits per heavy atom. The lowest BCUT2D eigenvalue weighted by atomic mass is 10.00. The Bertz CT molecular complexity index is 1000. The monoisotopic (exact) mass is 282 g/mol. The highest BCUT2D eigenvalue weighted by atomic mass is 16.5. The van der Waals surface area contributed by atoms with Crippen molar-refractivity contribution in [1.82, 2.24) is 9.71 Å². The number of cyclic esters (lactones) is 1. The summed E-state index contributed by atoms with van der Waals surface area (Å²) in [6.45, 7) is 1.79. The van der Waals surface area contributed by atoms with Crippen molar-refractivity contribution in [2.24, 2.45) is 0 Å². The number of carbonyl (C=O) groups excluding carboxylic acids is 1. The summed E-state index contributed by atoms with van der Waals surface area (Å²) in [5.74, 6) is -0.484. The van der Waals surface area contributed by atoms with E-state index in [2.05, 4.69) is 4.98 Å². The molecule has 1 aliphatic rings. The maximum Gasteiger partial charge on any atom is 0.341 e. The first kappa shape index (κ1) is 11.9. The predicted octanol–water partition coefficient (Wildman–Crippen LogP) is 1.77. The molecule has 0 unspecified atom stereocenters. The van der Waals surface area contributed by atoms with E-state index in [4.69, 9.17) is 4.74 Å². The first-order chi connectivity index (χ1) is 10.1. The second kappa shape index (κ2) is 3.82. The van der Waals surface area contributed by atoms with Crippen molar-refractivity contribution in [2.75, 3.05) is 0 Å². The molecule has 104 valence electrons. The van der Waals surface area contributed by atoms with Crippen LogP contribution in [0, 0.1) is 6.92 Å². The van der Waals surface area contributed by atoms with Crippen molar-refractivity contribution < 1.29 is 14.7 Å². The quantitative estimate of drug-likeness (QED) is 0.386. The number of hydrogen-bond donors (Lipinski definition) is 1. The van der Waals surface area contributed by atoms with Crippen LogP contribution in [0.1, 0.15) is 21.7 Å². The van der Waals surface area contributed by atoms with Crippen LogP contribution in [0.15, 0.2) is 29.1 Å². The van der Waals surface area contributed by atoms with Gasteiger partial charge in [0.1, 0.15) is 6.61 Å². The van der Waals surface area contributed by atoms with Crippen LogP contribution >= 0.6 is 0 Å². The lowest BCUT2D eigenvalue weighted by Crippen LogP contribution is -2.20. The Morgan fingerprint density at radius 3 is 2.81 bits per heavy atom. The summed E-state index contributed by atoms with van der Waals surface area (Å²) < 4.78 is 5.63. The zero-order valence-electron chi connectivity index (χ0n) is 11.1. The van der Waals surface area contributed by atoms with Gasteiger partial charge in [0.05, 0.1) is 27.9 Å². The van der Waals surface area contributed by atoms with Gasteiger partial charge in [0, 0.05) is 10.8 Å². The minimum Gasteiger partial charge on any atom is -0.455 e. The van der Waals surface area contributed by atoms with Gasteiger partial charge in [-0.15, -0.1) is 4.73 Å². The van der Waals surface area contributed by atoms with Gasteiger partial charge in [-0.25, -0.2) is 4.79 Å². The molecule has 0 amide bonds. The van der Waals surface area contributed by atoms with Crippen LogP contribution in [-0.4, -0.2) is 20.9 Å². The van der Waals surface area contributed by atoms with Crippen LogP contribution < -0.4 is 5.56 Å². The standard InChI is InChI=1S/C15H10N2O4/c1-7-11-12(13-9(16-7)6-21-15(13)19)8-4-2-3-5-10(8)17(20)14(11)18/h2-5,20H,6H2,1H3. The second-order valence-corrected chi connectivity index (χ2v) is 4.98. The molecule has 21 heavy (non-hydrogen) atoms. The molecule has 0 radical (unpaired) electrons. The number of esters is 1. The van der Waals surface area contributed by atoms with Gasteiger partial charge in [0.2, 0.25) is 0 Å². The fourth-order valence-electron chi connectivity index (χ4n) is 2.91. The molecule has 2 aromatic heterocycles. The smallest absolute Gasteiger partial charge is 0.341 e. The highest BCUT2D eigenvalue weighted by Crippen LogP contribution is 2.32. The van der Waals surface area contributed by atoms with Gasteiger partial charge in [0.15, 0.2) is 0 Å². The Labute approximate surface area is 118 Å². The lowest BCUT2D eigenvalue weighted by molar-refractivity contribution is 0.0534. The molecule has 1 aliphatic heterocycles. The zero-order valence-corrected chi connectivity index (χ0v) is 11.1. The number of aryl methyl sites for hydroxylation is 1. The fraction of sp³-hybridized carbons (Fsp3) is 0.133. The van der Waals surface area contributed by atoms with Gasteiger partial charge in [-0.05, 0) is 13.0 Å². The van der Waals surface area contributed by atoms with Gasteiger partial charge in [-0.3, -0.25) is 9.78 Å². The molecule has 3 heterocycles. The molecular weight excluding hydrogens is 272 g/mol. The first-order valence-electron chi connectivity index (χ1n) is 6.43. The predicted molar refractivity (Wildman–Crippen MR) is 74.6 cm³/mol. The van der Waals surface area contributed by atoms with E-state index in [9.17, 15) is 14.8 Å². The highest BCUT2D eigenvalue weighted by molar-refractivity contribution is 6.17. The SMILES string of the molecule is Cc1nc2c(c3c1c(=O)n(O)c1ccccc31)C(=O)OC2. The van der Waals surface area contributed by atoms with Gasteiger partial charge < -0.3 is 9.94 Å². The highest BCUT2D eigenvalue weighted by Gasteiger charge is 2.29. The lowest BCUT2D eigenvalue weighted by Gasteiger charge is -2.11.